The molecule has 8 heteroatoms. The van der Waals surface area contributed by atoms with Gasteiger partial charge in [-0.3, -0.25) is 10.1 Å². The molecule has 0 saturated carbocycles. The largest absolute Gasteiger partial charge is 0.310 e. The van der Waals surface area contributed by atoms with Gasteiger partial charge in [0.2, 0.25) is 0 Å². The molecule has 0 fully saturated rings. The van der Waals surface area contributed by atoms with E-state index in [9.17, 15) is 14.5 Å². The van der Waals surface area contributed by atoms with Crippen molar-refractivity contribution in [3.63, 3.8) is 0 Å². The van der Waals surface area contributed by atoms with Gasteiger partial charge in [0.05, 0.1) is 16.3 Å². The lowest BCUT2D eigenvalue weighted by molar-refractivity contribution is -0.385. The maximum absolute atomic E-state index is 13.5. The van der Waals surface area contributed by atoms with Crippen LogP contribution in [0.4, 0.5) is 10.1 Å². The molecule has 106 valence electrons. The second-order valence-electron chi connectivity index (χ2n) is 4.18. The number of non-ortho nitro benzene ring substituents is 1. The maximum Gasteiger partial charge on any atom is 0.273 e. The van der Waals surface area contributed by atoms with Gasteiger partial charge in [0.25, 0.3) is 5.69 Å². The zero-order valence-electron chi connectivity index (χ0n) is 10.7. The highest BCUT2D eigenvalue weighted by atomic mass is 79.9. The van der Waals surface area contributed by atoms with E-state index in [-0.39, 0.29) is 5.69 Å². The molecule has 0 radical (unpaired) electrons. The molecule has 2 aromatic rings. The van der Waals surface area contributed by atoms with Crippen molar-refractivity contribution in [1.82, 2.24) is 14.8 Å². The molecule has 1 aromatic heterocycles. The Morgan fingerprint density at radius 1 is 1.40 bits per heavy atom. The topological polar surface area (TPSA) is 73.8 Å². The number of nitro groups is 1. The Kier molecular flexibility index (Phi) is 4.43. The molecule has 0 bridgehead atoms. The first-order chi connectivity index (χ1) is 9.56. The minimum absolute atomic E-state index is 0.300. The quantitative estimate of drug-likeness (QED) is 0.474. The van der Waals surface area contributed by atoms with Gasteiger partial charge < -0.3 is 4.57 Å². The van der Waals surface area contributed by atoms with E-state index in [1.165, 1.54) is 12.1 Å². The van der Waals surface area contributed by atoms with Crippen LogP contribution in [0.5, 0.6) is 0 Å². The molecule has 0 spiro atoms. The van der Waals surface area contributed by atoms with Gasteiger partial charge in [-0.2, -0.15) is 0 Å². The Morgan fingerprint density at radius 2 is 2.15 bits per heavy atom. The van der Waals surface area contributed by atoms with Crippen LogP contribution in [0.3, 0.4) is 0 Å². The van der Waals surface area contributed by atoms with E-state index >= 15 is 0 Å². The molecule has 0 aliphatic heterocycles. The normalized spacial score (nSPS) is 10.8. The van der Waals surface area contributed by atoms with E-state index in [1.54, 1.807) is 0 Å². The van der Waals surface area contributed by atoms with Crippen molar-refractivity contribution in [2.75, 3.05) is 0 Å². The van der Waals surface area contributed by atoms with Crippen LogP contribution in [0.25, 0.3) is 11.4 Å². The summed E-state index contributed by atoms with van der Waals surface area (Å²) in [7, 11) is 0. The Balaban J connectivity index is 2.56. The second-order valence-corrected chi connectivity index (χ2v) is 4.74. The molecule has 1 aromatic carbocycles. The number of nitrogens with zero attached hydrogens (tertiary/aromatic N) is 4. The fourth-order valence-electron chi connectivity index (χ4n) is 1.91. The van der Waals surface area contributed by atoms with Gasteiger partial charge in [-0.1, -0.05) is 22.9 Å². The Bertz CT molecular complexity index is 644. The number of halogens is 2. The highest BCUT2D eigenvalue weighted by Crippen LogP contribution is 2.25. The van der Waals surface area contributed by atoms with Crippen LogP contribution in [0.15, 0.2) is 18.2 Å². The average Bonchev–Trinajstić information content (AvgIpc) is 2.81. The lowest BCUT2D eigenvalue weighted by Gasteiger charge is -2.07. The van der Waals surface area contributed by atoms with E-state index in [4.69, 9.17) is 0 Å². The van der Waals surface area contributed by atoms with Gasteiger partial charge in [0.1, 0.15) is 11.6 Å². The molecule has 6 nitrogen and oxygen atoms in total. The zero-order valence-corrected chi connectivity index (χ0v) is 12.3. The molecule has 0 amide bonds. The third-order valence-electron chi connectivity index (χ3n) is 2.75. The van der Waals surface area contributed by atoms with Gasteiger partial charge in [0, 0.05) is 18.2 Å². The van der Waals surface area contributed by atoms with Crippen molar-refractivity contribution >= 4 is 21.6 Å². The first kappa shape index (κ1) is 14.6. The standard InChI is InChI=1S/C12H12BrFN4O2/c1-2-3-17-11(7-13)15-16-12(17)8-4-9(14)6-10(5-8)18(19)20/h4-6H,2-3,7H2,1H3. The molecule has 0 aliphatic carbocycles. The summed E-state index contributed by atoms with van der Waals surface area (Å²) in [6, 6.07) is 3.41. The predicted octanol–water partition coefficient (Wildman–Crippen LogP) is 3.30. The number of hydrogen-bond donors (Lipinski definition) is 0. The number of alkyl halides is 1. The molecule has 0 N–H and O–H groups in total. The number of hydrogen-bond acceptors (Lipinski definition) is 4. The molecular weight excluding hydrogens is 331 g/mol. The van der Waals surface area contributed by atoms with E-state index < -0.39 is 10.7 Å². The first-order valence-electron chi connectivity index (χ1n) is 6.00. The van der Waals surface area contributed by atoms with Crippen LogP contribution in [-0.4, -0.2) is 19.7 Å². The lowest BCUT2D eigenvalue weighted by atomic mass is 10.2. The fourth-order valence-corrected chi connectivity index (χ4v) is 2.33. The summed E-state index contributed by atoms with van der Waals surface area (Å²) in [4.78, 5) is 10.2. The molecule has 0 saturated heterocycles. The summed E-state index contributed by atoms with van der Waals surface area (Å²) in [6.45, 7) is 2.66. The minimum Gasteiger partial charge on any atom is -0.310 e. The van der Waals surface area contributed by atoms with Crippen molar-refractivity contribution in [3.05, 3.63) is 40.0 Å². The van der Waals surface area contributed by atoms with E-state index in [0.29, 0.717) is 29.1 Å². The predicted molar refractivity (Wildman–Crippen MR) is 75.0 cm³/mol. The minimum atomic E-state index is -0.666. The summed E-state index contributed by atoms with van der Waals surface area (Å²) in [5.41, 5.74) is 0.0521. The van der Waals surface area contributed by atoms with Crippen LogP contribution in [0, 0.1) is 15.9 Å². The van der Waals surface area contributed by atoms with Crippen LogP contribution >= 0.6 is 15.9 Å². The van der Waals surface area contributed by atoms with Crippen LogP contribution in [0.1, 0.15) is 19.2 Å². The van der Waals surface area contributed by atoms with Crippen molar-refractivity contribution < 1.29 is 9.31 Å². The average molecular weight is 343 g/mol. The Labute approximate surface area is 122 Å². The van der Waals surface area contributed by atoms with Gasteiger partial charge >= 0.3 is 0 Å². The van der Waals surface area contributed by atoms with Crippen molar-refractivity contribution in [2.45, 2.75) is 25.2 Å². The number of nitro benzene ring substituents is 1. The summed E-state index contributed by atoms with van der Waals surface area (Å²) >= 11 is 3.31. The first-order valence-corrected chi connectivity index (χ1v) is 7.12. The summed E-state index contributed by atoms with van der Waals surface area (Å²) in [5.74, 6) is 0.471. The van der Waals surface area contributed by atoms with Crippen molar-refractivity contribution in [3.8, 4) is 11.4 Å². The van der Waals surface area contributed by atoms with Gasteiger partial charge in [-0.05, 0) is 12.5 Å². The molecule has 1 heterocycles. The van der Waals surface area contributed by atoms with Gasteiger partial charge in [-0.25, -0.2) is 4.39 Å². The smallest absolute Gasteiger partial charge is 0.273 e. The third-order valence-corrected chi connectivity index (χ3v) is 3.25. The number of benzene rings is 1. The Morgan fingerprint density at radius 3 is 2.75 bits per heavy atom. The maximum atomic E-state index is 13.5. The third kappa shape index (κ3) is 2.84. The van der Waals surface area contributed by atoms with Gasteiger partial charge in [-0.15, -0.1) is 10.2 Å². The van der Waals surface area contributed by atoms with Crippen LogP contribution in [0.2, 0.25) is 0 Å². The number of rotatable bonds is 5. The van der Waals surface area contributed by atoms with Gasteiger partial charge in [0.15, 0.2) is 5.82 Å². The fraction of sp³-hybridized carbons (Fsp3) is 0.333. The van der Waals surface area contributed by atoms with E-state index in [2.05, 4.69) is 26.1 Å². The second kappa shape index (κ2) is 6.08. The van der Waals surface area contributed by atoms with Crippen LogP contribution in [-0.2, 0) is 11.9 Å². The SMILES string of the molecule is CCCn1c(CBr)nnc1-c1cc(F)cc([N+](=O)[O-])c1. The van der Waals surface area contributed by atoms with Crippen LogP contribution < -0.4 is 0 Å². The summed E-state index contributed by atoms with van der Waals surface area (Å²) in [6.07, 6.45) is 0.850. The summed E-state index contributed by atoms with van der Waals surface area (Å²) < 4.78 is 15.3. The lowest BCUT2D eigenvalue weighted by Crippen LogP contribution is -2.04. The molecular formula is C12H12BrFN4O2. The summed E-state index contributed by atoms with van der Waals surface area (Å²) in [5, 5.41) is 19.3. The van der Waals surface area contributed by atoms with E-state index in [0.717, 1.165) is 12.5 Å². The molecule has 0 unspecified atom stereocenters. The number of aromatic nitrogens is 3. The Hall–Kier alpha value is -1.83. The molecule has 0 atom stereocenters. The monoisotopic (exact) mass is 342 g/mol. The zero-order chi connectivity index (χ0) is 14.7. The van der Waals surface area contributed by atoms with Crippen molar-refractivity contribution in [2.24, 2.45) is 0 Å². The molecule has 0 aliphatic rings. The van der Waals surface area contributed by atoms with Crippen molar-refractivity contribution in [1.29, 1.82) is 0 Å². The van der Waals surface area contributed by atoms with E-state index in [1.807, 2.05) is 11.5 Å². The molecule has 2 rings (SSSR count). The highest BCUT2D eigenvalue weighted by Gasteiger charge is 2.17. The highest BCUT2D eigenvalue weighted by molar-refractivity contribution is 9.08. The molecule has 20 heavy (non-hydrogen) atoms.